The van der Waals surface area contributed by atoms with Gasteiger partial charge in [-0.15, -0.1) is 10.2 Å². The van der Waals surface area contributed by atoms with E-state index in [0.29, 0.717) is 28.1 Å². The Kier molecular flexibility index (Phi) is 8.34. The average molecular weight is 520 g/mol. The van der Waals surface area contributed by atoms with Gasteiger partial charge in [0, 0.05) is 16.7 Å². The van der Waals surface area contributed by atoms with Crippen LogP contribution in [0.3, 0.4) is 0 Å². The molecule has 0 aliphatic rings. The zero-order valence-electron chi connectivity index (χ0n) is 18.4. The average Bonchev–Trinajstić information content (AvgIpc) is 3.30. The molecule has 3 aromatic rings. The molecule has 0 saturated heterocycles. The molecule has 11 nitrogen and oxygen atoms in total. The fourth-order valence-corrected chi connectivity index (χ4v) is 3.68. The van der Waals surface area contributed by atoms with Gasteiger partial charge in [0.1, 0.15) is 17.3 Å². The topological polar surface area (TPSA) is 147 Å². The highest BCUT2D eigenvalue weighted by Gasteiger charge is 2.22. The summed E-state index contributed by atoms with van der Waals surface area (Å²) in [5.74, 6) is -0.697. The molecule has 0 amide bonds. The molecule has 2 aromatic carbocycles. The van der Waals surface area contributed by atoms with Gasteiger partial charge in [-0.1, -0.05) is 24.3 Å². The number of rotatable bonds is 11. The number of carboxylic acids is 1. The predicted molar refractivity (Wildman–Crippen MR) is 128 cm³/mol. The number of carboxylic acid groups (broad SMARTS) is 1. The second-order valence-corrected chi connectivity index (χ2v) is 7.99. The number of halogens is 1. The molecule has 1 N–H and O–H groups in total. The largest absolute Gasteiger partial charge is 0.496 e. The minimum Gasteiger partial charge on any atom is -0.496 e. The van der Waals surface area contributed by atoms with Gasteiger partial charge in [0.2, 0.25) is 0 Å². The quantitative estimate of drug-likeness (QED) is 0.119. The number of carbonyl (C=O) groups is 1. The molecule has 0 fully saturated rings. The Bertz CT molecular complexity index is 1310. The smallest absolute Gasteiger partial charge is 0.342 e. The van der Waals surface area contributed by atoms with Crippen molar-refractivity contribution in [2.45, 2.75) is 5.22 Å². The Morgan fingerprint density at radius 1 is 1.26 bits per heavy atom. The van der Waals surface area contributed by atoms with E-state index in [0.717, 1.165) is 0 Å². The number of hydrogen-bond acceptors (Lipinski definition) is 10. The van der Waals surface area contributed by atoms with Crippen LogP contribution in [0.2, 0.25) is 5.02 Å². The number of benzene rings is 2. The van der Waals surface area contributed by atoms with E-state index in [9.17, 15) is 20.0 Å². The van der Waals surface area contributed by atoms with Gasteiger partial charge in [0.05, 0.1) is 30.8 Å². The van der Waals surface area contributed by atoms with Gasteiger partial charge in [-0.05, 0) is 36.0 Å². The van der Waals surface area contributed by atoms with E-state index in [-0.39, 0.29) is 45.4 Å². The molecule has 3 rings (SSSR count). The first kappa shape index (κ1) is 25.6. The van der Waals surface area contributed by atoms with Crippen molar-refractivity contribution < 1.29 is 33.5 Å². The highest BCUT2D eigenvalue weighted by Crippen LogP contribution is 2.39. The fraction of sp³-hybridized carbons (Fsp3) is 0.136. The Morgan fingerprint density at radius 3 is 2.63 bits per heavy atom. The minimum absolute atomic E-state index is 0.0511. The molecule has 13 heteroatoms. The normalized spacial score (nSPS) is 11.1. The van der Waals surface area contributed by atoms with Crippen LogP contribution in [0.1, 0.15) is 5.56 Å². The van der Waals surface area contributed by atoms with E-state index in [1.165, 1.54) is 38.5 Å². The van der Waals surface area contributed by atoms with Crippen LogP contribution in [0.15, 0.2) is 57.5 Å². The van der Waals surface area contributed by atoms with Gasteiger partial charge in [-0.3, -0.25) is 10.1 Å². The van der Waals surface area contributed by atoms with Gasteiger partial charge in [0.25, 0.3) is 16.8 Å². The number of ether oxygens (including phenoxy) is 3. The summed E-state index contributed by atoms with van der Waals surface area (Å²) in [5.41, 5.74) is 0.199. The van der Waals surface area contributed by atoms with E-state index in [1.54, 1.807) is 18.2 Å². The summed E-state index contributed by atoms with van der Waals surface area (Å²) < 4.78 is 21.7. The molecule has 0 aliphatic heterocycles. The fourth-order valence-electron chi connectivity index (χ4n) is 2.85. The Hall–Kier alpha value is -4.03. The summed E-state index contributed by atoms with van der Waals surface area (Å²) in [4.78, 5) is 22.5. The van der Waals surface area contributed by atoms with Crippen molar-refractivity contribution in [1.29, 1.82) is 0 Å². The summed E-state index contributed by atoms with van der Waals surface area (Å²) in [6.07, 6.45) is 2.65. The lowest BCUT2D eigenvalue weighted by molar-refractivity contribution is -0.385. The number of aliphatic carboxylic acids is 1. The van der Waals surface area contributed by atoms with E-state index in [2.05, 4.69) is 16.8 Å². The van der Waals surface area contributed by atoms with Crippen LogP contribution in [0, 0.1) is 10.1 Å². The summed E-state index contributed by atoms with van der Waals surface area (Å²) in [7, 11) is 2.77. The number of hydrogen-bond donors (Lipinski definition) is 1. The van der Waals surface area contributed by atoms with Crippen molar-refractivity contribution in [2.24, 2.45) is 0 Å². The molecule has 1 heterocycles. The number of methoxy groups -OCH3 is 2. The monoisotopic (exact) mass is 519 g/mol. The molecular weight excluding hydrogens is 502 g/mol. The minimum atomic E-state index is -1.34. The molecule has 0 atom stereocenters. The van der Waals surface area contributed by atoms with Gasteiger partial charge in [-0.2, -0.15) is 0 Å². The van der Waals surface area contributed by atoms with Crippen LogP contribution in [0.25, 0.3) is 17.5 Å². The van der Waals surface area contributed by atoms with Gasteiger partial charge >= 0.3 is 5.97 Å². The molecular formula is C22H18ClN3O8S. The maximum atomic E-state index is 12.0. The van der Waals surface area contributed by atoms with Crippen molar-refractivity contribution in [1.82, 2.24) is 10.2 Å². The van der Waals surface area contributed by atoms with Crippen LogP contribution in [-0.4, -0.2) is 47.0 Å². The number of nitro groups is 1. The molecule has 1 aromatic heterocycles. The standard InChI is InChI=1S/C22H18ClN3O8S/c1-4-7-33-19-12(8-14(26(29)30)11-17(19)32-3)9-18(21(27)28)35-22-25-24-20(34-22)15-10-13(23)5-6-16(15)31-2/h4-6,8-11H,1,7H2,2-3H3,(H,27,28)/b18-9+. The van der Waals surface area contributed by atoms with E-state index in [4.69, 9.17) is 30.2 Å². The lowest BCUT2D eigenvalue weighted by Crippen LogP contribution is -2.02. The van der Waals surface area contributed by atoms with Gasteiger partial charge in [0.15, 0.2) is 11.5 Å². The maximum Gasteiger partial charge on any atom is 0.342 e. The molecule has 182 valence electrons. The second kappa shape index (κ2) is 11.4. The first-order valence-corrected chi connectivity index (χ1v) is 10.9. The van der Waals surface area contributed by atoms with E-state index in [1.807, 2.05) is 0 Å². The number of thioether (sulfide) groups is 1. The van der Waals surface area contributed by atoms with Crippen molar-refractivity contribution in [3.63, 3.8) is 0 Å². The zero-order valence-corrected chi connectivity index (χ0v) is 20.0. The Balaban J connectivity index is 2.03. The third-order valence-corrected chi connectivity index (χ3v) is 5.42. The van der Waals surface area contributed by atoms with E-state index >= 15 is 0 Å². The molecule has 0 unspecified atom stereocenters. The van der Waals surface area contributed by atoms with Crippen molar-refractivity contribution in [3.8, 4) is 28.7 Å². The van der Waals surface area contributed by atoms with E-state index < -0.39 is 10.9 Å². The van der Waals surface area contributed by atoms with Crippen molar-refractivity contribution in [2.75, 3.05) is 20.8 Å². The van der Waals surface area contributed by atoms with Crippen molar-refractivity contribution >= 4 is 41.1 Å². The first-order valence-electron chi connectivity index (χ1n) is 9.67. The molecule has 0 bridgehead atoms. The Morgan fingerprint density at radius 2 is 2.00 bits per heavy atom. The molecule has 0 radical (unpaired) electrons. The summed E-state index contributed by atoms with van der Waals surface area (Å²) in [6.45, 7) is 3.62. The number of nitro benzene ring substituents is 1. The highest BCUT2D eigenvalue weighted by molar-refractivity contribution is 8.03. The van der Waals surface area contributed by atoms with Crippen LogP contribution in [-0.2, 0) is 4.79 Å². The zero-order chi connectivity index (χ0) is 25.5. The SMILES string of the molecule is C=CCOc1c(/C=C(/Sc2nnc(-c3cc(Cl)ccc3OC)o2)C(=O)O)cc([N+](=O)[O-])cc1OC. The maximum absolute atomic E-state index is 12.0. The second-order valence-electron chi connectivity index (χ2n) is 6.56. The predicted octanol–water partition coefficient (Wildman–Crippen LogP) is 5.10. The van der Waals surface area contributed by atoms with Crippen LogP contribution >= 0.6 is 23.4 Å². The highest BCUT2D eigenvalue weighted by atomic mass is 35.5. The molecule has 0 saturated carbocycles. The third-order valence-electron chi connectivity index (χ3n) is 4.34. The van der Waals surface area contributed by atoms with Gasteiger partial charge in [-0.25, -0.2) is 4.79 Å². The lowest BCUT2D eigenvalue weighted by atomic mass is 10.1. The summed E-state index contributed by atoms with van der Waals surface area (Å²) >= 11 is 6.69. The van der Waals surface area contributed by atoms with Gasteiger partial charge < -0.3 is 23.7 Å². The molecule has 0 spiro atoms. The molecule has 35 heavy (non-hydrogen) atoms. The van der Waals surface area contributed by atoms with Crippen molar-refractivity contribution in [3.05, 3.63) is 68.6 Å². The lowest BCUT2D eigenvalue weighted by Gasteiger charge is -2.13. The summed E-state index contributed by atoms with van der Waals surface area (Å²) in [6, 6.07) is 7.15. The van der Waals surface area contributed by atoms with Crippen LogP contribution in [0.5, 0.6) is 17.2 Å². The first-order chi connectivity index (χ1) is 16.8. The molecule has 0 aliphatic carbocycles. The Labute approximate surface area is 208 Å². The van der Waals surface area contributed by atoms with Crippen LogP contribution < -0.4 is 14.2 Å². The summed E-state index contributed by atoms with van der Waals surface area (Å²) in [5, 5.41) is 29.3. The number of nitrogens with zero attached hydrogens (tertiary/aromatic N) is 3. The number of aromatic nitrogens is 2. The van der Waals surface area contributed by atoms with Crippen LogP contribution in [0.4, 0.5) is 5.69 Å². The number of non-ortho nitro benzene ring substituents is 1. The third kappa shape index (κ3) is 6.11.